The molecule has 2 fully saturated rings. The first-order chi connectivity index (χ1) is 17.1. The lowest BCUT2D eigenvalue weighted by atomic mass is 9.94. The van der Waals surface area contributed by atoms with E-state index in [2.05, 4.69) is 33.0 Å². The van der Waals surface area contributed by atoms with Crippen molar-refractivity contribution in [1.29, 1.82) is 0 Å². The maximum atomic E-state index is 13.6. The van der Waals surface area contributed by atoms with Gasteiger partial charge in [0.05, 0.1) is 19.1 Å². The number of piperidine rings is 1. The molecular weight excluding hydrogens is 458 g/mol. The molecule has 200 valence electrons. The number of nitrogens with zero attached hydrogens (tertiary/aromatic N) is 2. The molecule has 2 amide bonds. The average Bonchev–Trinajstić information content (AvgIpc) is 2.83. The van der Waals surface area contributed by atoms with E-state index >= 15 is 0 Å². The molecule has 0 aromatic heterocycles. The second-order valence-electron chi connectivity index (χ2n) is 11.1. The lowest BCUT2D eigenvalue weighted by Crippen LogP contribution is -2.62. The number of piperazine rings is 1. The molecular formula is C28H43N3O5. The number of amides is 2. The van der Waals surface area contributed by atoms with Gasteiger partial charge in [-0.2, -0.15) is 0 Å². The molecule has 0 radical (unpaired) electrons. The van der Waals surface area contributed by atoms with Gasteiger partial charge < -0.3 is 25.0 Å². The van der Waals surface area contributed by atoms with Gasteiger partial charge in [0, 0.05) is 26.2 Å². The largest absolute Gasteiger partial charge is 0.493 e. The normalized spacial score (nSPS) is 20.2. The van der Waals surface area contributed by atoms with Crippen molar-refractivity contribution in [3.8, 4) is 5.75 Å². The van der Waals surface area contributed by atoms with E-state index in [0.29, 0.717) is 50.4 Å². The molecule has 2 saturated heterocycles. The molecule has 2 atom stereocenters. The summed E-state index contributed by atoms with van der Waals surface area (Å²) in [4.78, 5) is 41.5. The monoisotopic (exact) mass is 501 g/mol. The minimum absolute atomic E-state index is 0.00247. The molecule has 2 heterocycles. The van der Waals surface area contributed by atoms with Gasteiger partial charge in [0.1, 0.15) is 11.8 Å². The summed E-state index contributed by atoms with van der Waals surface area (Å²) in [5.41, 5.74) is 0.746. The topological polar surface area (TPSA) is 99.2 Å². The van der Waals surface area contributed by atoms with E-state index in [-0.39, 0.29) is 24.3 Å². The van der Waals surface area contributed by atoms with Gasteiger partial charge in [-0.3, -0.25) is 14.4 Å². The zero-order valence-corrected chi connectivity index (χ0v) is 22.2. The third kappa shape index (κ3) is 7.95. The number of nitrogens with one attached hydrogen (secondary N) is 1. The molecule has 1 aromatic rings. The van der Waals surface area contributed by atoms with E-state index in [1.165, 1.54) is 0 Å². The summed E-state index contributed by atoms with van der Waals surface area (Å²) in [6, 6.07) is 6.58. The molecule has 3 rings (SSSR count). The number of carboxylic acids is 1. The maximum absolute atomic E-state index is 13.6. The van der Waals surface area contributed by atoms with Gasteiger partial charge in [0.2, 0.25) is 11.8 Å². The van der Waals surface area contributed by atoms with E-state index in [4.69, 9.17) is 9.84 Å². The van der Waals surface area contributed by atoms with Crippen molar-refractivity contribution in [3.63, 3.8) is 0 Å². The van der Waals surface area contributed by atoms with E-state index in [1.807, 2.05) is 21.9 Å². The SMILES string of the molecule is CC(C)C[C@@H]1NCCN([C@@H](CC(C)C)C(=O)N2CCC(COc3ccc(CC(=O)O)cc3)CC2)C1=O. The molecule has 0 spiro atoms. The molecule has 2 aliphatic rings. The van der Waals surface area contributed by atoms with Crippen LogP contribution in [0.15, 0.2) is 24.3 Å². The number of likely N-dealkylation sites (tertiary alicyclic amines) is 1. The smallest absolute Gasteiger partial charge is 0.307 e. The third-order valence-corrected chi connectivity index (χ3v) is 7.08. The molecule has 0 unspecified atom stereocenters. The summed E-state index contributed by atoms with van der Waals surface area (Å²) in [5, 5.41) is 12.2. The fourth-order valence-corrected chi connectivity index (χ4v) is 5.15. The van der Waals surface area contributed by atoms with Gasteiger partial charge >= 0.3 is 5.97 Å². The Balaban J connectivity index is 1.54. The molecule has 8 nitrogen and oxygen atoms in total. The van der Waals surface area contributed by atoms with Crippen LogP contribution >= 0.6 is 0 Å². The van der Waals surface area contributed by atoms with Crippen LogP contribution in [-0.2, 0) is 20.8 Å². The second-order valence-corrected chi connectivity index (χ2v) is 11.1. The number of ether oxygens (including phenoxy) is 1. The van der Waals surface area contributed by atoms with E-state index in [1.54, 1.807) is 12.1 Å². The number of rotatable bonds is 11. The predicted octanol–water partition coefficient (Wildman–Crippen LogP) is 3.19. The summed E-state index contributed by atoms with van der Waals surface area (Å²) >= 11 is 0. The molecule has 2 aliphatic heterocycles. The first-order valence-corrected chi connectivity index (χ1v) is 13.4. The fraction of sp³-hybridized carbons (Fsp3) is 0.679. The van der Waals surface area contributed by atoms with Crippen LogP contribution in [0.25, 0.3) is 0 Å². The van der Waals surface area contributed by atoms with Crippen molar-refractivity contribution in [2.24, 2.45) is 17.8 Å². The quantitative estimate of drug-likeness (QED) is 0.483. The highest BCUT2D eigenvalue weighted by molar-refractivity contribution is 5.90. The molecule has 2 N–H and O–H groups in total. The number of hydrogen-bond acceptors (Lipinski definition) is 5. The fourth-order valence-electron chi connectivity index (χ4n) is 5.15. The molecule has 8 heteroatoms. The average molecular weight is 502 g/mol. The van der Waals surface area contributed by atoms with E-state index < -0.39 is 12.0 Å². The van der Waals surface area contributed by atoms with Crippen molar-refractivity contribution in [1.82, 2.24) is 15.1 Å². The summed E-state index contributed by atoms with van der Waals surface area (Å²) in [6.45, 7) is 11.7. The summed E-state index contributed by atoms with van der Waals surface area (Å²) in [5.74, 6) is 1.10. The van der Waals surface area contributed by atoms with Crippen molar-refractivity contribution in [2.75, 3.05) is 32.8 Å². The summed E-state index contributed by atoms with van der Waals surface area (Å²) < 4.78 is 5.94. The highest BCUT2D eigenvalue weighted by Crippen LogP contribution is 2.24. The molecule has 1 aromatic carbocycles. The van der Waals surface area contributed by atoms with Gasteiger partial charge in [-0.25, -0.2) is 0 Å². The Bertz CT molecular complexity index is 878. The summed E-state index contributed by atoms with van der Waals surface area (Å²) in [7, 11) is 0. The lowest BCUT2D eigenvalue weighted by molar-refractivity contribution is -0.150. The van der Waals surface area contributed by atoms with Crippen LogP contribution in [0.3, 0.4) is 0 Å². The Labute approximate surface area is 215 Å². The lowest BCUT2D eigenvalue weighted by Gasteiger charge is -2.42. The highest BCUT2D eigenvalue weighted by Gasteiger charge is 2.39. The zero-order chi connectivity index (χ0) is 26.2. The molecule has 0 bridgehead atoms. The van der Waals surface area contributed by atoms with Gasteiger partial charge in [-0.15, -0.1) is 0 Å². The van der Waals surface area contributed by atoms with Crippen molar-refractivity contribution < 1.29 is 24.2 Å². The third-order valence-electron chi connectivity index (χ3n) is 7.08. The number of aliphatic carboxylic acids is 1. The first-order valence-electron chi connectivity index (χ1n) is 13.4. The van der Waals surface area contributed by atoms with E-state index in [9.17, 15) is 14.4 Å². The molecule has 36 heavy (non-hydrogen) atoms. The number of carbonyl (C=O) groups excluding carboxylic acids is 2. The van der Waals surface area contributed by atoms with Crippen LogP contribution in [0.1, 0.15) is 58.9 Å². The van der Waals surface area contributed by atoms with Crippen molar-refractivity contribution in [3.05, 3.63) is 29.8 Å². The van der Waals surface area contributed by atoms with Crippen LogP contribution < -0.4 is 10.1 Å². The van der Waals surface area contributed by atoms with E-state index in [0.717, 1.165) is 37.1 Å². The Kier molecular flexibility index (Phi) is 10.2. The Morgan fingerprint density at radius 1 is 1.06 bits per heavy atom. The molecule has 0 saturated carbocycles. The Hall–Kier alpha value is -2.61. The van der Waals surface area contributed by atoms with Crippen LogP contribution in [0, 0.1) is 17.8 Å². The number of carbonyl (C=O) groups is 3. The van der Waals surface area contributed by atoms with Gasteiger partial charge in [0.15, 0.2) is 0 Å². The van der Waals surface area contributed by atoms with Gasteiger partial charge in [-0.1, -0.05) is 39.8 Å². The van der Waals surface area contributed by atoms with Crippen LogP contribution in [-0.4, -0.2) is 77.6 Å². The van der Waals surface area contributed by atoms with Crippen LogP contribution in [0.2, 0.25) is 0 Å². The van der Waals surface area contributed by atoms with Crippen molar-refractivity contribution in [2.45, 2.75) is 71.9 Å². The minimum atomic E-state index is -0.850. The molecule has 0 aliphatic carbocycles. The standard InChI is InChI=1S/C28H43N3O5/c1-19(2)15-24-27(34)31(14-11-29-24)25(16-20(3)4)28(35)30-12-9-22(10-13-30)18-36-23-7-5-21(6-8-23)17-26(32)33/h5-8,19-20,22,24-25,29H,9-18H2,1-4H3,(H,32,33)/t24-,25-/m0/s1. The van der Waals surface area contributed by atoms with Gasteiger partial charge in [0.25, 0.3) is 0 Å². The summed E-state index contributed by atoms with van der Waals surface area (Å²) in [6.07, 6.45) is 3.19. The zero-order valence-electron chi connectivity index (χ0n) is 22.2. The van der Waals surface area contributed by atoms with Gasteiger partial charge in [-0.05, 0) is 61.1 Å². The van der Waals surface area contributed by atoms with Crippen LogP contribution in [0.4, 0.5) is 0 Å². The van der Waals surface area contributed by atoms with Crippen molar-refractivity contribution >= 4 is 17.8 Å². The second kappa shape index (κ2) is 13.1. The number of benzene rings is 1. The highest BCUT2D eigenvalue weighted by atomic mass is 16.5. The maximum Gasteiger partial charge on any atom is 0.307 e. The number of hydrogen-bond donors (Lipinski definition) is 2. The Morgan fingerprint density at radius 2 is 1.72 bits per heavy atom. The van der Waals surface area contributed by atoms with Crippen LogP contribution in [0.5, 0.6) is 5.75 Å². The minimum Gasteiger partial charge on any atom is -0.493 e. The number of carboxylic acid groups (broad SMARTS) is 1. The first kappa shape index (κ1) is 28.0. The predicted molar refractivity (Wildman–Crippen MR) is 139 cm³/mol. The Morgan fingerprint density at radius 3 is 2.31 bits per heavy atom.